The van der Waals surface area contributed by atoms with Crippen molar-refractivity contribution in [1.29, 1.82) is 0 Å². The normalized spacial score (nSPS) is 15.2. The summed E-state index contributed by atoms with van der Waals surface area (Å²) in [5.41, 5.74) is -0.357. The number of ether oxygens (including phenoxy) is 1. The van der Waals surface area contributed by atoms with Crippen molar-refractivity contribution in [3.63, 3.8) is 0 Å². The molecule has 1 fully saturated rings. The third kappa shape index (κ3) is 4.59. The molecule has 140 valence electrons. The number of rotatable bonds is 7. The molecule has 1 aromatic heterocycles. The lowest BCUT2D eigenvalue weighted by Crippen LogP contribution is -2.38. The Morgan fingerprint density at radius 2 is 1.92 bits per heavy atom. The van der Waals surface area contributed by atoms with Gasteiger partial charge in [-0.05, 0) is 25.1 Å². The Labute approximate surface area is 150 Å². The highest BCUT2D eigenvalue weighted by Gasteiger charge is 2.11. The first-order chi connectivity index (χ1) is 12.6. The molecule has 1 aliphatic rings. The number of nitrogens with one attached hydrogen (secondary N) is 2. The quantitative estimate of drug-likeness (QED) is 0.673. The summed E-state index contributed by atoms with van der Waals surface area (Å²) in [4.78, 5) is 41.4. The van der Waals surface area contributed by atoms with Crippen molar-refractivity contribution in [2.75, 3.05) is 39.4 Å². The van der Waals surface area contributed by atoms with E-state index in [1.165, 1.54) is 0 Å². The van der Waals surface area contributed by atoms with Crippen LogP contribution >= 0.6 is 0 Å². The van der Waals surface area contributed by atoms with E-state index < -0.39 is 5.69 Å². The van der Waals surface area contributed by atoms with Crippen molar-refractivity contribution in [2.24, 2.45) is 0 Å². The van der Waals surface area contributed by atoms with E-state index in [1.54, 1.807) is 24.3 Å². The Bertz CT molecular complexity index is 867. The van der Waals surface area contributed by atoms with Gasteiger partial charge in [0, 0.05) is 32.6 Å². The van der Waals surface area contributed by atoms with Crippen LogP contribution in [0.3, 0.4) is 0 Å². The summed E-state index contributed by atoms with van der Waals surface area (Å²) in [7, 11) is 0. The minimum atomic E-state index is -0.492. The number of carbonyl (C=O) groups is 1. The molecule has 26 heavy (non-hydrogen) atoms. The van der Waals surface area contributed by atoms with E-state index in [0.29, 0.717) is 17.4 Å². The largest absolute Gasteiger partial charge is 0.379 e. The smallest absolute Gasteiger partial charge is 0.328 e. The summed E-state index contributed by atoms with van der Waals surface area (Å²) >= 11 is 0. The Hall–Kier alpha value is -2.45. The van der Waals surface area contributed by atoms with Gasteiger partial charge in [0.2, 0.25) is 5.91 Å². The van der Waals surface area contributed by atoms with Crippen LogP contribution in [0.2, 0.25) is 0 Å². The summed E-state index contributed by atoms with van der Waals surface area (Å²) < 4.78 is 6.38. The molecule has 0 unspecified atom stereocenters. The van der Waals surface area contributed by atoms with Gasteiger partial charge < -0.3 is 15.0 Å². The van der Waals surface area contributed by atoms with Crippen LogP contribution in [0.15, 0.2) is 33.9 Å². The minimum Gasteiger partial charge on any atom is -0.379 e. The fourth-order valence-electron chi connectivity index (χ4n) is 3.06. The molecule has 2 N–H and O–H groups in total. The molecule has 1 aromatic carbocycles. The highest BCUT2D eigenvalue weighted by atomic mass is 16.5. The Morgan fingerprint density at radius 1 is 1.15 bits per heavy atom. The second kappa shape index (κ2) is 8.77. The zero-order chi connectivity index (χ0) is 18.4. The molecule has 1 aliphatic heterocycles. The lowest BCUT2D eigenvalue weighted by Gasteiger charge is -2.26. The number of benzene rings is 1. The lowest BCUT2D eigenvalue weighted by molar-refractivity contribution is -0.121. The Balaban J connectivity index is 1.48. The second-order valence-electron chi connectivity index (χ2n) is 6.34. The number of para-hydroxylation sites is 1. The van der Waals surface area contributed by atoms with Crippen LogP contribution in [-0.4, -0.2) is 59.8 Å². The van der Waals surface area contributed by atoms with E-state index >= 15 is 0 Å². The van der Waals surface area contributed by atoms with Gasteiger partial charge >= 0.3 is 5.69 Å². The van der Waals surface area contributed by atoms with E-state index in [4.69, 9.17) is 4.74 Å². The van der Waals surface area contributed by atoms with Crippen molar-refractivity contribution < 1.29 is 9.53 Å². The molecule has 0 spiro atoms. The molecule has 3 rings (SSSR count). The molecule has 1 amide bonds. The number of morpholine rings is 1. The first kappa shape index (κ1) is 18.3. The number of aromatic amines is 1. The predicted molar refractivity (Wildman–Crippen MR) is 98.3 cm³/mol. The number of aromatic nitrogens is 2. The Morgan fingerprint density at radius 3 is 2.73 bits per heavy atom. The fraction of sp³-hybridized carbons (Fsp3) is 0.500. The van der Waals surface area contributed by atoms with E-state index in [9.17, 15) is 14.4 Å². The van der Waals surface area contributed by atoms with Gasteiger partial charge in [-0.1, -0.05) is 12.1 Å². The van der Waals surface area contributed by atoms with Crippen molar-refractivity contribution in [3.05, 3.63) is 45.1 Å². The van der Waals surface area contributed by atoms with Crippen molar-refractivity contribution in [3.8, 4) is 0 Å². The van der Waals surface area contributed by atoms with Gasteiger partial charge in [0.1, 0.15) is 0 Å². The van der Waals surface area contributed by atoms with Crippen LogP contribution < -0.4 is 16.6 Å². The van der Waals surface area contributed by atoms with Gasteiger partial charge in [-0.15, -0.1) is 0 Å². The van der Waals surface area contributed by atoms with Gasteiger partial charge in [0.15, 0.2) is 0 Å². The first-order valence-corrected chi connectivity index (χ1v) is 8.94. The monoisotopic (exact) mass is 360 g/mol. The molecular formula is C18H24N4O4. The zero-order valence-electron chi connectivity index (χ0n) is 14.7. The molecule has 0 atom stereocenters. The first-order valence-electron chi connectivity index (χ1n) is 8.94. The Kier molecular flexibility index (Phi) is 6.19. The maximum absolute atomic E-state index is 12.4. The van der Waals surface area contributed by atoms with Gasteiger partial charge in [0.25, 0.3) is 5.56 Å². The van der Waals surface area contributed by atoms with E-state index in [2.05, 4.69) is 15.2 Å². The third-order valence-electron chi connectivity index (χ3n) is 4.53. The van der Waals surface area contributed by atoms with Crippen LogP contribution in [0.25, 0.3) is 10.9 Å². The van der Waals surface area contributed by atoms with Gasteiger partial charge in [0.05, 0.1) is 24.1 Å². The number of amides is 1. The highest BCUT2D eigenvalue weighted by molar-refractivity contribution is 5.77. The molecular weight excluding hydrogens is 336 g/mol. The maximum Gasteiger partial charge on any atom is 0.328 e. The molecule has 8 nitrogen and oxygen atoms in total. The minimum absolute atomic E-state index is 0.0638. The number of hydrogen-bond donors (Lipinski definition) is 2. The van der Waals surface area contributed by atoms with Crippen molar-refractivity contribution >= 4 is 16.8 Å². The molecule has 0 aliphatic carbocycles. The topological polar surface area (TPSA) is 96.4 Å². The summed E-state index contributed by atoms with van der Waals surface area (Å²) in [6.45, 7) is 4.97. The number of H-pyrrole nitrogens is 1. The van der Waals surface area contributed by atoms with Crippen LogP contribution in [0.1, 0.15) is 12.8 Å². The predicted octanol–water partition coefficient (Wildman–Crippen LogP) is -0.0816. The number of nitrogens with zero attached hydrogens (tertiary/aromatic N) is 2. The average Bonchev–Trinajstić information content (AvgIpc) is 2.66. The lowest BCUT2D eigenvalue weighted by atomic mass is 10.2. The molecule has 2 heterocycles. The van der Waals surface area contributed by atoms with E-state index in [-0.39, 0.29) is 24.4 Å². The van der Waals surface area contributed by atoms with Crippen LogP contribution in [0, 0.1) is 0 Å². The molecule has 2 aromatic rings. The highest BCUT2D eigenvalue weighted by Crippen LogP contribution is 2.03. The van der Waals surface area contributed by atoms with Crippen molar-refractivity contribution in [2.45, 2.75) is 19.4 Å². The van der Waals surface area contributed by atoms with E-state index in [1.807, 2.05) is 0 Å². The van der Waals surface area contributed by atoms with Gasteiger partial charge in [-0.25, -0.2) is 4.79 Å². The summed E-state index contributed by atoms with van der Waals surface area (Å²) in [5.74, 6) is -0.161. The van der Waals surface area contributed by atoms with Crippen LogP contribution in [-0.2, 0) is 16.1 Å². The number of hydrogen-bond acceptors (Lipinski definition) is 5. The number of carbonyl (C=O) groups excluding carboxylic acids is 1. The molecule has 0 bridgehead atoms. The van der Waals surface area contributed by atoms with Crippen LogP contribution in [0.4, 0.5) is 0 Å². The van der Waals surface area contributed by atoms with E-state index in [0.717, 1.165) is 43.8 Å². The molecule has 0 saturated carbocycles. The van der Waals surface area contributed by atoms with Crippen molar-refractivity contribution in [1.82, 2.24) is 19.8 Å². The number of fused-ring (bicyclic) bond motifs is 1. The third-order valence-corrected chi connectivity index (χ3v) is 4.53. The molecule has 0 radical (unpaired) electrons. The fourth-order valence-corrected chi connectivity index (χ4v) is 3.06. The van der Waals surface area contributed by atoms with Gasteiger partial charge in [-0.3, -0.25) is 19.1 Å². The summed E-state index contributed by atoms with van der Waals surface area (Å²) in [6.07, 6.45) is 0.959. The van der Waals surface area contributed by atoms with Gasteiger partial charge in [-0.2, -0.15) is 0 Å². The summed E-state index contributed by atoms with van der Waals surface area (Å²) in [6, 6.07) is 6.85. The molecule has 8 heteroatoms. The van der Waals surface area contributed by atoms with Crippen LogP contribution in [0.5, 0.6) is 0 Å². The zero-order valence-corrected chi connectivity index (χ0v) is 14.7. The SMILES string of the molecule is O=C(CCn1c(=O)[nH]c2ccccc2c1=O)NCCCN1CCOCC1. The second-order valence-corrected chi connectivity index (χ2v) is 6.34. The summed E-state index contributed by atoms with van der Waals surface area (Å²) in [5, 5.41) is 3.29. The molecule has 1 saturated heterocycles. The average molecular weight is 360 g/mol. The maximum atomic E-state index is 12.4. The standard InChI is InChI=1S/C18H24N4O4/c23-16(19-7-3-8-21-10-12-26-13-11-21)6-9-22-17(24)14-4-1-2-5-15(14)20-18(22)25/h1-2,4-5H,3,6-13H2,(H,19,23)(H,20,25).